The van der Waals surface area contributed by atoms with Gasteiger partial charge in [0.2, 0.25) is 11.8 Å². The van der Waals surface area contributed by atoms with Crippen molar-refractivity contribution in [2.45, 2.75) is 72.6 Å². The quantitative estimate of drug-likeness (QED) is 0.373. The number of ketones is 1. The molecule has 0 heterocycles. The van der Waals surface area contributed by atoms with E-state index in [1.165, 1.54) is 0 Å². The summed E-state index contributed by atoms with van der Waals surface area (Å²) in [5, 5.41) is 0.482. The standard InChI is InChI=1S/C24H37ClN2O3/c1-5-15-26(7-3)23(29)11-8-12-24(30)27(16-6-2)17-9-10-22(28)20-14-13-19(4)18-21(20)25/h13-14,18H,5-12,15-17H2,1-4H3. The number of Topliss-reactive ketones (excluding diaryl/α,β-unsaturated/α-hetero) is 1. The summed E-state index contributed by atoms with van der Waals surface area (Å²) in [7, 11) is 0. The van der Waals surface area contributed by atoms with E-state index in [-0.39, 0.29) is 17.6 Å². The van der Waals surface area contributed by atoms with Gasteiger partial charge in [-0.15, -0.1) is 0 Å². The Balaban J connectivity index is 2.47. The largest absolute Gasteiger partial charge is 0.343 e. The van der Waals surface area contributed by atoms with Crippen LogP contribution in [0.1, 0.15) is 81.6 Å². The molecule has 30 heavy (non-hydrogen) atoms. The number of carbonyl (C=O) groups is 3. The summed E-state index contributed by atoms with van der Waals surface area (Å²) < 4.78 is 0. The van der Waals surface area contributed by atoms with E-state index in [2.05, 4.69) is 6.92 Å². The summed E-state index contributed by atoms with van der Waals surface area (Å²) >= 11 is 6.18. The van der Waals surface area contributed by atoms with Crippen LogP contribution in [-0.2, 0) is 9.59 Å². The Bertz CT molecular complexity index is 706. The summed E-state index contributed by atoms with van der Waals surface area (Å²) in [5.41, 5.74) is 1.56. The fourth-order valence-corrected chi connectivity index (χ4v) is 3.82. The topological polar surface area (TPSA) is 57.7 Å². The van der Waals surface area contributed by atoms with Gasteiger partial charge in [-0.1, -0.05) is 31.5 Å². The van der Waals surface area contributed by atoms with Gasteiger partial charge in [0.25, 0.3) is 0 Å². The van der Waals surface area contributed by atoms with Crippen LogP contribution in [0.5, 0.6) is 0 Å². The van der Waals surface area contributed by atoms with Crippen LogP contribution in [0.4, 0.5) is 0 Å². The summed E-state index contributed by atoms with van der Waals surface area (Å²) in [6, 6.07) is 5.45. The monoisotopic (exact) mass is 436 g/mol. The molecule has 0 aliphatic carbocycles. The van der Waals surface area contributed by atoms with E-state index < -0.39 is 0 Å². The first-order valence-electron chi connectivity index (χ1n) is 11.2. The summed E-state index contributed by atoms with van der Waals surface area (Å²) in [6.07, 6.45) is 4.11. The van der Waals surface area contributed by atoms with Crippen molar-refractivity contribution >= 4 is 29.2 Å². The van der Waals surface area contributed by atoms with Crippen LogP contribution < -0.4 is 0 Å². The zero-order chi connectivity index (χ0) is 22.5. The van der Waals surface area contributed by atoms with Crippen molar-refractivity contribution in [2.24, 2.45) is 0 Å². The first kappa shape index (κ1) is 26.2. The van der Waals surface area contributed by atoms with Crippen molar-refractivity contribution < 1.29 is 14.4 Å². The van der Waals surface area contributed by atoms with Gasteiger partial charge in [-0.25, -0.2) is 0 Å². The molecule has 0 aliphatic heterocycles. The molecule has 0 saturated heterocycles. The van der Waals surface area contributed by atoms with Crippen LogP contribution in [-0.4, -0.2) is 53.6 Å². The predicted octanol–water partition coefficient (Wildman–Crippen LogP) is 5.28. The molecule has 0 radical (unpaired) electrons. The zero-order valence-electron chi connectivity index (χ0n) is 19.0. The third-order valence-electron chi connectivity index (χ3n) is 5.11. The van der Waals surface area contributed by atoms with Crippen molar-refractivity contribution in [1.82, 2.24) is 9.80 Å². The lowest BCUT2D eigenvalue weighted by Crippen LogP contribution is -2.34. The lowest BCUT2D eigenvalue weighted by atomic mass is 10.0. The molecule has 1 aromatic rings. The second-order valence-electron chi connectivity index (χ2n) is 7.72. The third kappa shape index (κ3) is 8.86. The van der Waals surface area contributed by atoms with E-state index in [0.29, 0.717) is 62.3 Å². The number of hydrogen-bond donors (Lipinski definition) is 0. The van der Waals surface area contributed by atoms with Gasteiger partial charge < -0.3 is 9.80 Å². The van der Waals surface area contributed by atoms with E-state index in [4.69, 9.17) is 11.6 Å². The summed E-state index contributed by atoms with van der Waals surface area (Å²) in [5.74, 6) is 0.184. The molecule has 0 N–H and O–H groups in total. The Morgan fingerprint density at radius 3 is 2.00 bits per heavy atom. The van der Waals surface area contributed by atoms with Gasteiger partial charge in [-0.05, 0) is 57.2 Å². The number of benzene rings is 1. The maximum atomic E-state index is 12.6. The lowest BCUT2D eigenvalue weighted by Gasteiger charge is -2.23. The number of nitrogens with zero attached hydrogens (tertiary/aromatic N) is 2. The zero-order valence-corrected chi connectivity index (χ0v) is 19.8. The fourth-order valence-electron chi connectivity index (χ4n) is 3.48. The van der Waals surface area contributed by atoms with Gasteiger partial charge in [0, 0.05) is 51.0 Å². The van der Waals surface area contributed by atoms with Crippen molar-refractivity contribution in [3.05, 3.63) is 34.3 Å². The highest BCUT2D eigenvalue weighted by Gasteiger charge is 2.16. The fraction of sp³-hybridized carbons (Fsp3) is 0.625. The van der Waals surface area contributed by atoms with E-state index in [0.717, 1.165) is 24.9 Å². The minimum Gasteiger partial charge on any atom is -0.343 e. The molecule has 2 amide bonds. The number of carbonyl (C=O) groups excluding carboxylic acids is 3. The van der Waals surface area contributed by atoms with E-state index >= 15 is 0 Å². The molecule has 0 unspecified atom stereocenters. The molecule has 6 heteroatoms. The SMILES string of the molecule is CCCN(CC)C(=O)CCCC(=O)N(CCC)CCCC(=O)c1ccc(C)cc1Cl. The molecule has 0 aliphatic rings. The number of aryl methyl sites for hydroxylation is 1. The van der Waals surface area contributed by atoms with Crippen LogP contribution in [0, 0.1) is 6.92 Å². The van der Waals surface area contributed by atoms with Crippen LogP contribution in [0.3, 0.4) is 0 Å². The Morgan fingerprint density at radius 2 is 1.43 bits per heavy atom. The molecule has 0 saturated carbocycles. The van der Waals surface area contributed by atoms with Gasteiger partial charge in [0.15, 0.2) is 5.78 Å². The first-order valence-corrected chi connectivity index (χ1v) is 11.6. The molecule has 1 aromatic carbocycles. The van der Waals surface area contributed by atoms with Gasteiger partial charge in [0.05, 0.1) is 5.02 Å². The number of amides is 2. The normalized spacial score (nSPS) is 10.7. The van der Waals surface area contributed by atoms with E-state index in [1.807, 2.05) is 36.6 Å². The molecular formula is C24H37ClN2O3. The maximum Gasteiger partial charge on any atom is 0.222 e. The lowest BCUT2D eigenvalue weighted by molar-refractivity contribution is -0.132. The van der Waals surface area contributed by atoms with E-state index in [9.17, 15) is 14.4 Å². The molecule has 0 fully saturated rings. The highest BCUT2D eigenvalue weighted by Crippen LogP contribution is 2.20. The second-order valence-corrected chi connectivity index (χ2v) is 8.12. The average molecular weight is 437 g/mol. The van der Waals surface area contributed by atoms with Crippen molar-refractivity contribution in [1.29, 1.82) is 0 Å². The number of hydrogen-bond acceptors (Lipinski definition) is 3. The molecule has 0 spiro atoms. The molecule has 1 rings (SSSR count). The highest BCUT2D eigenvalue weighted by atomic mass is 35.5. The van der Waals surface area contributed by atoms with Crippen LogP contribution in [0.2, 0.25) is 5.02 Å². The van der Waals surface area contributed by atoms with Gasteiger partial charge in [-0.3, -0.25) is 14.4 Å². The Kier molecular flexibility index (Phi) is 12.4. The minimum atomic E-state index is 0.00470. The number of rotatable bonds is 14. The summed E-state index contributed by atoms with van der Waals surface area (Å²) in [6.45, 7) is 10.7. The Hall–Kier alpha value is -1.88. The Labute approximate surface area is 186 Å². The minimum absolute atomic E-state index is 0.00470. The third-order valence-corrected chi connectivity index (χ3v) is 5.43. The second kappa shape index (κ2) is 14.2. The molecule has 0 bridgehead atoms. The maximum absolute atomic E-state index is 12.6. The van der Waals surface area contributed by atoms with Gasteiger partial charge >= 0.3 is 0 Å². The van der Waals surface area contributed by atoms with Crippen LogP contribution >= 0.6 is 11.6 Å². The highest BCUT2D eigenvalue weighted by molar-refractivity contribution is 6.34. The molecular weight excluding hydrogens is 400 g/mol. The van der Waals surface area contributed by atoms with Gasteiger partial charge in [-0.2, -0.15) is 0 Å². The molecule has 168 valence electrons. The molecule has 0 aromatic heterocycles. The average Bonchev–Trinajstić information content (AvgIpc) is 2.70. The predicted molar refractivity (Wildman–Crippen MR) is 123 cm³/mol. The van der Waals surface area contributed by atoms with Crippen molar-refractivity contribution in [3.63, 3.8) is 0 Å². The van der Waals surface area contributed by atoms with Crippen LogP contribution in [0.25, 0.3) is 0 Å². The van der Waals surface area contributed by atoms with E-state index in [1.54, 1.807) is 12.1 Å². The molecule has 5 nitrogen and oxygen atoms in total. The van der Waals surface area contributed by atoms with Crippen molar-refractivity contribution in [3.8, 4) is 0 Å². The van der Waals surface area contributed by atoms with Gasteiger partial charge in [0.1, 0.15) is 0 Å². The van der Waals surface area contributed by atoms with Crippen molar-refractivity contribution in [2.75, 3.05) is 26.2 Å². The van der Waals surface area contributed by atoms with Crippen LogP contribution in [0.15, 0.2) is 18.2 Å². The first-order chi connectivity index (χ1) is 14.3. The molecule has 0 atom stereocenters. The number of halogens is 1. The Morgan fingerprint density at radius 1 is 0.833 bits per heavy atom. The smallest absolute Gasteiger partial charge is 0.222 e. The summed E-state index contributed by atoms with van der Waals surface area (Å²) in [4.78, 5) is 40.9.